The third kappa shape index (κ3) is 3.64. The van der Waals surface area contributed by atoms with Gasteiger partial charge in [-0.05, 0) is 25.7 Å². The normalized spacial score (nSPS) is 17.7. The van der Waals surface area contributed by atoms with Crippen LogP contribution in [0.2, 0.25) is 0 Å². The summed E-state index contributed by atoms with van der Waals surface area (Å²) < 4.78 is 8.41. The average Bonchev–Trinajstić information content (AvgIpc) is 3.07. The average molecular weight is 364 g/mol. The summed E-state index contributed by atoms with van der Waals surface area (Å²) in [5.41, 5.74) is -0.238. The van der Waals surface area contributed by atoms with Crippen LogP contribution in [0.4, 0.5) is 0 Å². The number of nitrogens with zero attached hydrogens (tertiary/aromatic N) is 4. The molecule has 2 aromatic heterocycles. The van der Waals surface area contributed by atoms with Gasteiger partial charge in [-0.25, -0.2) is 14.8 Å². The van der Waals surface area contributed by atoms with Crippen molar-refractivity contribution in [1.29, 1.82) is 0 Å². The maximum Gasteiger partial charge on any atom is 0.332 e. The summed E-state index contributed by atoms with van der Waals surface area (Å²) in [6.07, 6.45) is 2.30. The van der Waals surface area contributed by atoms with Crippen LogP contribution >= 0.6 is 11.8 Å². The first kappa shape index (κ1) is 18.1. The zero-order valence-corrected chi connectivity index (χ0v) is 15.9. The van der Waals surface area contributed by atoms with Crippen molar-refractivity contribution in [3.8, 4) is 0 Å². The third-order valence-electron chi connectivity index (χ3n) is 4.24. The van der Waals surface area contributed by atoms with Gasteiger partial charge in [0, 0.05) is 26.0 Å². The van der Waals surface area contributed by atoms with Crippen LogP contribution in [0.25, 0.3) is 11.0 Å². The molecule has 0 aliphatic carbocycles. The lowest BCUT2D eigenvalue weighted by molar-refractivity contribution is 0.129. The molecule has 25 heavy (non-hydrogen) atoms. The predicted molar refractivity (Wildman–Crippen MR) is 98.3 cm³/mol. The molecule has 0 amide bonds. The zero-order valence-electron chi connectivity index (χ0n) is 15.1. The van der Waals surface area contributed by atoms with Gasteiger partial charge in [0.15, 0.2) is 5.65 Å². The predicted octanol–water partition coefficient (Wildman–Crippen LogP) is 1.73. The number of aryl methyl sites for hydroxylation is 1. The molecule has 0 radical (unpaired) electrons. The number of thioether (sulfide) groups is 1. The van der Waals surface area contributed by atoms with Crippen LogP contribution in [-0.2, 0) is 18.3 Å². The van der Waals surface area contributed by atoms with E-state index < -0.39 is 0 Å². The molecule has 136 valence electrons. The largest absolute Gasteiger partial charge is 0.377 e. The lowest BCUT2D eigenvalue weighted by atomic mass is 10.2. The first-order chi connectivity index (χ1) is 11.9. The monoisotopic (exact) mass is 364 g/mol. The molecule has 0 aromatic carbocycles. The summed E-state index contributed by atoms with van der Waals surface area (Å²) in [6.45, 7) is 7.16. The summed E-state index contributed by atoms with van der Waals surface area (Å²) >= 11 is 1.51. The fourth-order valence-corrected chi connectivity index (χ4v) is 4.15. The van der Waals surface area contributed by atoms with E-state index in [1.165, 1.54) is 18.8 Å². The first-order valence-corrected chi connectivity index (χ1v) is 9.59. The maximum atomic E-state index is 12.7. The van der Waals surface area contributed by atoms with E-state index >= 15 is 0 Å². The van der Waals surface area contributed by atoms with E-state index in [1.807, 2.05) is 13.8 Å². The molecule has 0 bridgehead atoms. The third-order valence-corrected chi connectivity index (χ3v) is 5.35. The standard InChI is InChI=1S/C17H24N4O3S/c1-10(2)8-21-14-13(16(22)20(4)17(21)23)15(19-11(3)18-14)25-9-12-6-5-7-24-12/h10,12H,5-9H2,1-4H3/t12-/m1/s1. The molecule has 1 aliphatic rings. The number of hydrogen-bond donors (Lipinski definition) is 0. The van der Waals surface area contributed by atoms with E-state index in [2.05, 4.69) is 9.97 Å². The molecular weight excluding hydrogens is 340 g/mol. The van der Waals surface area contributed by atoms with Gasteiger partial charge in [-0.1, -0.05) is 13.8 Å². The summed E-state index contributed by atoms with van der Waals surface area (Å²) in [5.74, 6) is 1.57. The van der Waals surface area contributed by atoms with Crippen molar-refractivity contribution in [3.05, 3.63) is 26.7 Å². The number of fused-ring (bicyclic) bond motifs is 1. The van der Waals surface area contributed by atoms with Gasteiger partial charge in [0.25, 0.3) is 5.56 Å². The van der Waals surface area contributed by atoms with Gasteiger partial charge in [-0.3, -0.25) is 13.9 Å². The molecule has 1 fully saturated rings. The van der Waals surface area contributed by atoms with E-state index in [4.69, 9.17) is 4.74 Å². The zero-order chi connectivity index (χ0) is 18.1. The Hall–Kier alpha value is -1.67. The summed E-state index contributed by atoms with van der Waals surface area (Å²) in [7, 11) is 1.51. The summed E-state index contributed by atoms with van der Waals surface area (Å²) in [5, 5.41) is 1.06. The molecule has 0 spiro atoms. The van der Waals surface area contributed by atoms with Crippen molar-refractivity contribution >= 4 is 22.8 Å². The molecule has 0 unspecified atom stereocenters. The van der Waals surface area contributed by atoms with Gasteiger partial charge in [0.1, 0.15) is 16.2 Å². The molecule has 1 saturated heterocycles. The summed E-state index contributed by atoms with van der Waals surface area (Å²) in [6, 6.07) is 0. The molecule has 3 rings (SSSR count). The van der Waals surface area contributed by atoms with Gasteiger partial charge < -0.3 is 4.74 Å². The van der Waals surface area contributed by atoms with E-state index in [9.17, 15) is 9.59 Å². The molecule has 7 nitrogen and oxygen atoms in total. The van der Waals surface area contributed by atoms with Gasteiger partial charge in [-0.15, -0.1) is 11.8 Å². The van der Waals surface area contributed by atoms with Crippen molar-refractivity contribution < 1.29 is 4.74 Å². The highest BCUT2D eigenvalue weighted by molar-refractivity contribution is 7.99. The minimum atomic E-state index is -0.338. The topological polar surface area (TPSA) is 79.0 Å². The van der Waals surface area contributed by atoms with Crippen molar-refractivity contribution in [1.82, 2.24) is 19.1 Å². The lowest BCUT2D eigenvalue weighted by Crippen LogP contribution is -2.39. The molecule has 0 saturated carbocycles. The lowest BCUT2D eigenvalue weighted by Gasteiger charge is -2.15. The Morgan fingerprint density at radius 1 is 1.32 bits per heavy atom. The molecule has 1 aliphatic heterocycles. The van der Waals surface area contributed by atoms with E-state index in [0.29, 0.717) is 28.4 Å². The van der Waals surface area contributed by atoms with Crippen molar-refractivity contribution in [2.45, 2.75) is 51.3 Å². The number of aromatic nitrogens is 4. The van der Waals surface area contributed by atoms with Crippen LogP contribution in [0.3, 0.4) is 0 Å². The molecular formula is C17H24N4O3S. The number of ether oxygens (including phenoxy) is 1. The van der Waals surface area contributed by atoms with Crippen molar-refractivity contribution in [3.63, 3.8) is 0 Å². The Balaban J connectivity index is 2.15. The highest BCUT2D eigenvalue weighted by Gasteiger charge is 2.21. The second-order valence-corrected chi connectivity index (χ2v) is 7.88. The molecule has 3 heterocycles. The molecule has 2 aromatic rings. The summed E-state index contributed by atoms with van der Waals surface area (Å²) in [4.78, 5) is 34.2. The van der Waals surface area contributed by atoms with E-state index in [0.717, 1.165) is 29.8 Å². The van der Waals surface area contributed by atoms with Gasteiger partial charge in [0.2, 0.25) is 0 Å². The minimum Gasteiger partial charge on any atom is -0.377 e. The second-order valence-electron chi connectivity index (χ2n) is 6.87. The van der Waals surface area contributed by atoms with E-state index in [-0.39, 0.29) is 23.3 Å². The Morgan fingerprint density at radius 2 is 2.08 bits per heavy atom. The van der Waals surface area contributed by atoms with Gasteiger partial charge in [-0.2, -0.15) is 0 Å². The van der Waals surface area contributed by atoms with Crippen LogP contribution in [0.1, 0.15) is 32.5 Å². The Labute approximate surface area is 150 Å². The van der Waals surface area contributed by atoms with Gasteiger partial charge in [0.05, 0.1) is 6.10 Å². The van der Waals surface area contributed by atoms with Crippen molar-refractivity contribution in [2.24, 2.45) is 13.0 Å². The molecule has 1 atom stereocenters. The fourth-order valence-electron chi connectivity index (χ4n) is 3.02. The first-order valence-electron chi connectivity index (χ1n) is 8.61. The molecule has 8 heteroatoms. The SMILES string of the molecule is Cc1nc(SC[C@H]2CCCO2)c2c(=O)n(C)c(=O)n(CC(C)C)c2n1. The number of rotatable bonds is 5. The Kier molecular flexibility index (Phi) is 5.29. The highest BCUT2D eigenvalue weighted by atomic mass is 32.2. The van der Waals surface area contributed by atoms with Crippen LogP contribution in [0.15, 0.2) is 14.6 Å². The molecule has 0 N–H and O–H groups in total. The van der Waals surface area contributed by atoms with E-state index in [1.54, 1.807) is 11.5 Å². The minimum absolute atomic E-state index is 0.195. The quantitative estimate of drug-likeness (QED) is 0.594. The van der Waals surface area contributed by atoms with Crippen molar-refractivity contribution in [2.75, 3.05) is 12.4 Å². The maximum absolute atomic E-state index is 12.7. The number of hydrogen-bond acceptors (Lipinski definition) is 6. The van der Waals surface area contributed by atoms with Crippen LogP contribution < -0.4 is 11.2 Å². The fraction of sp³-hybridized carbons (Fsp3) is 0.647. The van der Waals surface area contributed by atoms with Crippen LogP contribution in [0, 0.1) is 12.8 Å². The van der Waals surface area contributed by atoms with Crippen LogP contribution in [-0.4, -0.2) is 37.6 Å². The smallest absolute Gasteiger partial charge is 0.332 e. The Morgan fingerprint density at radius 3 is 2.72 bits per heavy atom. The van der Waals surface area contributed by atoms with Crippen LogP contribution in [0.5, 0.6) is 0 Å². The Bertz CT molecular complexity index is 897. The van der Waals surface area contributed by atoms with Gasteiger partial charge >= 0.3 is 5.69 Å². The second kappa shape index (κ2) is 7.29. The highest BCUT2D eigenvalue weighted by Crippen LogP contribution is 2.26.